The van der Waals surface area contributed by atoms with Crippen molar-refractivity contribution in [1.29, 1.82) is 0 Å². The lowest BCUT2D eigenvalue weighted by Crippen LogP contribution is -2.32. The lowest BCUT2D eigenvalue weighted by Gasteiger charge is -2.17. The van der Waals surface area contributed by atoms with E-state index in [-0.39, 0.29) is 26.3 Å². The van der Waals surface area contributed by atoms with E-state index < -0.39 is 11.8 Å². The lowest BCUT2D eigenvalue weighted by atomic mass is 10.2. The van der Waals surface area contributed by atoms with Crippen LogP contribution < -0.4 is 15.0 Å². The molecule has 2 amide bonds. The van der Waals surface area contributed by atoms with Gasteiger partial charge in [-0.2, -0.15) is 0 Å². The highest BCUT2D eigenvalue weighted by Gasteiger charge is 2.41. The third-order valence-electron chi connectivity index (χ3n) is 4.69. The zero-order valence-corrected chi connectivity index (χ0v) is 20.4. The number of carbonyl (C=O) groups excluding carboxylic acids is 2. The predicted octanol–water partition coefficient (Wildman–Crippen LogP) is 7.03. The number of para-hydroxylation sites is 2. The summed E-state index contributed by atoms with van der Waals surface area (Å²) in [5, 5.41) is 4.04. The third-order valence-corrected chi connectivity index (χ3v) is 6.85. The highest BCUT2D eigenvalue weighted by Crippen LogP contribution is 2.42. The first kappa shape index (κ1) is 23.5. The van der Waals surface area contributed by atoms with Crippen LogP contribution in [0.1, 0.15) is 6.92 Å². The number of thioether (sulfide) groups is 1. The number of nitrogens with zero attached hydrogens (tertiary/aromatic N) is 1. The van der Waals surface area contributed by atoms with Gasteiger partial charge in [0, 0.05) is 9.92 Å². The summed E-state index contributed by atoms with van der Waals surface area (Å²) >= 11 is 19.6. The van der Waals surface area contributed by atoms with E-state index in [1.807, 2.05) is 19.1 Å². The van der Waals surface area contributed by atoms with Gasteiger partial charge in [-0.25, -0.2) is 4.90 Å². The van der Waals surface area contributed by atoms with Gasteiger partial charge in [0.2, 0.25) is 0 Å². The van der Waals surface area contributed by atoms with Crippen molar-refractivity contribution in [2.24, 2.45) is 0 Å². The van der Waals surface area contributed by atoms with E-state index >= 15 is 0 Å². The van der Waals surface area contributed by atoms with Crippen LogP contribution in [0.25, 0.3) is 0 Å². The van der Waals surface area contributed by atoms with E-state index in [1.165, 1.54) is 0 Å². The van der Waals surface area contributed by atoms with E-state index in [1.54, 1.807) is 54.6 Å². The van der Waals surface area contributed by atoms with Crippen molar-refractivity contribution in [2.45, 2.75) is 11.8 Å². The molecule has 0 aliphatic carbocycles. The molecule has 5 nitrogen and oxygen atoms in total. The molecule has 33 heavy (non-hydrogen) atoms. The fourth-order valence-electron chi connectivity index (χ4n) is 3.20. The van der Waals surface area contributed by atoms with Gasteiger partial charge in [-0.1, -0.05) is 64.8 Å². The number of nitrogens with one attached hydrogen (secondary N) is 1. The van der Waals surface area contributed by atoms with Gasteiger partial charge in [0.1, 0.15) is 16.4 Å². The van der Waals surface area contributed by atoms with E-state index in [9.17, 15) is 9.59 Å². The number of ether oxygens (including phenoxy) is 1. The van der Waals surface area contributed by atoms with Crippen molar-refractivity contribution in [3.8, 4) is 5.75 Å². The smallest absolute Gasteiger partial charge is 0.283 e. The number of benzene rings is 3. The summed E-state index contributed by atoms with van der Waals surface area (Å²) in [6.45, 7) is 2.31. The molecule has 0 unspecified atom stereocenters. The van der Waals surface area contributed by atoms with Gasteiger partial charge in [0.05, 0.1) is 28.0 Å². The van der Waals surface area contributed by atoms with Crippen molar-refractivity contribution in [3.63, 3.8) is 0 Å². The standard InChI is InChI=1S/C24H17Cl3N2O3S/c1-2-32-19-9-4-3-7-17(19)28-21-22(33-15-12-10-14(25)11-13-15)24(31)29(23(21)30)18-8-5-6-16(26)20(18)27/h3-13,28H,2H2,1H3. The fourth-order valence-corrected chi connectivity index (χ4v) is 4.64. The normalized spacial score (nSPS) is 13.6. The number of imide groups is 1. The van der Waals surface area contributed by atoms with Gasteiger partial charge in [-0.3, -0.25) is 9.59 Å². The Kier molecular flexibility index (Phi) is 7.20. The molecule has 1 aliphatic heterocycles. The van der Waals surface area contributed by atoms with Crippen LogP contribution in [0.4, 0.5) is 11.4 Å². The number of halogens is 3. The summed E-state index contributed by atoms with van der Waals surface area (Å²) in [7, 11) is 0. The summed E-state index contributed by atoms with van der Waals surface area (Å²) in [6.07, 6.45) is 0. The molecule has 0 saturated heterocycles. The van der Waals surface area contributed by atoms with Crippen LogP contribution in [0.5, 0.6) is 5.75 Å². The molecule has 4 rings (SSSR count). The number of carbonyl (C=O) groups is 2. The molecule has 1 aliphatic rings. The summed E-state index contributed by atoms with van der Waals surface area (Å²) in [6, 6.07) is 19.0. The number of anilines is 2. The first-order valence-corrected chi connectivity index (χ1v) is 11.8. The third kappa shape index (κ3) is 4.84. The molecule has 3 aromatic rings. The maximum Gasteiger partial charge on any atom is 0.283 e. The Morgan fingerprint density at radius 3 is 2.36 bits per heavy atom. The molecule has 0 saturated carbocycles. The van der Waals surface area contributed by atoms with E-state index in [0.29, 0.717) is 23.1 Å². The Morgan fingerprint density at radius 1 is 0.909 bits per heavy atom. The molecule has 0 atom stereocenters. The Morgan fingerprint density at radius 2 is 1.64 bits per heavy atom. The molecule has 0 spiro atoms. The van der Waals surface area contributed by atoms with Crippen molar-refractivity contribution >= 4 is 69.8 Å². The van der Waals surface area contributed by atoms with E-state index in [2.05, 4.69) is 5.32 Å². The van der Waals surface area contributed by atoms with Gasteiger partial charge < -0.3 is 10.1 Å². The summed E-state index contributed by atoms with van der Waals surface area (Å²) in [4.78, 5) is 29.0. The van der Waals surface area contributed by atoms with Crippen LogP contribution in [0, 0.1) is 0 Å². The molecule has 0 fully saturated rings. The van der Waals surface area contributed by atoms with Gasteiger partial charge in [-0.15, -0.1) is 0 Å². The monoisotopic (exact) mass is 518 g/mol. The van der Waals surface area contributed by atoms with Crippen LogP contribution in [0.2, 0.25) is 15.1 Å². The maximum atomic E-state index is 13.5. The summed E-state index contributed by atoms with van der Waals surface area (Å²) in [5.41, 5.74) is 0.884. The average molecular weight is 520 g/mol. The van der Waals surface area contributed by atoms with Gasteiger partial charge >= 0.3 is 0 Å². The van der Waals surface area contributed by atoms with Crippen molar-refractivity contribution in [2.75, 3.05) is 16.8 Å². The number of rotatable bonds is 7. The molecule has 0 aromatic heterocycles. The predicted molar refractivity (Wildman–Crippen MR) is 135 cm³/mol. The minimum Gasteiger partial charge on any atom is -0.492 e. The zero-order chi connectivity index (χ0) is 23.5. The highest BCUT2D eigenvalue weighted by atomic mass is 35.5. The summed E-state index contributed by atoms with van der Waals surface area (Å²) < 4.78 is 5.67. The second-order valence-electron chi connectivity index (χ2n) is 6.83. The SMILES string of the molecule is CCOc1ccccc1NC1=C(Sc2ccc(Cl)cc2)C(=O)N(c2cccc(Cl)c2Cl)C1=O. The largest absolute Gasteiger partial charge is 0.492 e. The van der Waals surface area contributed by atoms with Crippen molar-refractivity contribution in [1.82, 2.24) is 0 Å². The first-order chi connectivity index (χ1) is 15.9. The zero-order valence-electron chi connectivity index (χ0n) is 17.3. The van der Waals surface area contributed by atoms with E-state index in [0.717, 1.165) is 21.6 Å². The van der Waals surface area contributed by atoms with Crippen LogP contribution in [0.3, 0.4) is 0 Å². The summed E-state index contributed by atoms with van der Waals surface area (Å²) in [5.74, 6) is -0.504. The van der Waals surface area contributed by atoms with Gasteiger partial charge in [0.25, 0.3) is 11.8 Å². The Labute approximate surface area is 210 Å². The first-order valence-electron chi connectivity index (χ1n) is 9.90. The molecule has 0 bridgehead atoms. The van der Waals surface area contributed by atoms with Gasteiger partial charge in [-0.05, 0) is 55.5 Å². The topological polar surface area (TPSA) is 58.6 Å². The van der Waals surface area contributed by atoms with Crippen molar-refractivity contribution in [3.05, 3.63) is 92.4 Å². The molecule has 168 valence electrons. The van der Waals surface area contributed by atoms with Crippen LogP contribution in [-0.4, -0.2) is 18.4 Å². The van der Waals surface area contributed by atoms with Crippen LogP contribution in [-0.2, 0) is 9.59 Å². The Bertz CT molecular complexity index is 1260. The van der Waals surface area contributed by atoms with Crippen LogP contribution in [0.15, 0.2) is 82.2 Å². The lowest BCUT2D eigenvalue weighted by molar-refractivity contribution is -0.120. The fraction of sp³-hybridized carbons (Fsp3) is 0.0833. The Hall–Kier alpha value is -2.64. The molecule has 0 radical (unpaired) electrons. The highest BCUT2D eigenvalue weighted by molar-refractivity contribution is 8.04. The number of amides is 2. The average Bonchev–Trinajstić information content (AvgIpc) is 3.02. The minimum atomic E-state index is -0.549. The Balaban J connectivity index is 1.79. The maximum absolute atomic E-state index is 13.5. The van der Waals surface area contributed by atoms with Gasteiger partial charge in [0.15, 0.2) is 0 Å². The van der Waals surface area contributed by atoms with Crippen LogP contribution >= 0.6 is 46.6 Å². The molecule has 1 N–H and O–H groups in total. The molecular weight excluding hydrogens is 503 g/mol. The molecule has 1 heterocycles. The number of hydrogen-bond acceptors (Lipinski definition) is 5. The number of hydrogen-bond donors (Lipinski definition) is 1. The van der Waals surface area contributed by atoms with Crippen molar-refractivity contribution < 1.29 is 14.3 Å². The molecule has 9 heteroatoms. The minimum absolute atomic E-state index is 0.114. The molecule has 3 aromatic carbocycles. The second-order valence-corrected chi connectivity index (χ2v) is 9.14. The van der Waals surface area contributed by atoms with E-state index in [4.69, 9.17) is 39.5 Å². The second kappa shape index (κ2) is 10.1. The quantitative estimate of drug-likeness (QED) is 0.339. The molecular formula is C24H17Cl3N2O3S.